The Morgan fingerprint density at radius 3 is 3.11 bits per heavy atom. The number of thiophene rings is 1. The minimum absolute atomic E-state index is 0.0379. The van der Waals surface area contributed by atoms with Crippen molar-refractivity contribution in [3.05, 3.63) is 57.8 Å². The Bertz CT molecular complexity index is 597. The van der Waals surface area contributed by atoms with Crippen molar-refractivity contribution >= 4 is 23.2 Å². The van der Waals surface area contributed by atoms with Gasteiger partial charge in [-0.05, 0) is 52.2 Å². The van der Waals surface area contributed by atoms with Gasteiger partial charge in [-0.1, -0.05) is 6.08 Å². The summed E-state index contributed by atoms with van der Waals surface area (Å²) in [5, 5.41) is 4.01. The third kappa shape index (κ3) is 2.22. The summed E-state index contributed by atoms with van der Waals surface area (Å²) in [5.74, 6) is 0.948. The minimum atomic E-state index is 0.0379. The number of carbonyl (C=O) groups excluding carboxylic acids is 1. The van der Waals surface area contributed by atoms with Gasteiger partial charge in [-0.2, -0.15) is 11.3 Å². The van der Waals surface area contributed by atoms with Gasteiger partial charge in [0.05, 0.1) is 6.61 Å². The first-order valence-electron chi connectivity index (χ1n) is 5.83. The number of allylic oxidation sites excluding steroid dienone is 1. The first-order chi connectivity index (χ1) is 8.83. The van der Waals surface area contributed by atoms with Crippen LogP contribution in [0.15, 0.2) is 41.1 Å². The molecule has 1 aromatic carbocycles. The van der Waals surface area contributed by atoms with E-state index in [1.54, 1.807) is 17.4 Å². The highest BCUT2D eigenvalue weighted by molar-refractivity contribution is 7.08. The molecular weight excluding hydrogens is 244 g/mol. The molecule has 0 N–H and O–H groups in total. The Morgan fingerprint density at radius 1 is 1.33 bits per heavy atom. The van der Waals surface area contributed by atoms with Gasteiger partial charge in [0.2, 0.25) is 0 Å². The number of ketones is 1. The lowest BCUT2D eigenvalue weighted by Gasteiger charge is -2.00. The molecule has 2 heterocycles. The van der Waals surface area contributed by atoms with Crippen LogP contribution < -0.4 is 4.74 Å². The maximum Gasteiger partial charge on any atom is 0.185 e. The van der Waals surface area contributed by atoms with Gasteiger partial charge in [0.1, 0.15) is 5.75 Å². The van der Waals surface area contributed by atoms with Crippen LogP contribution in [0.5, 0.6) is 5.75 Å². The zero-order valence-corrected chi connectivity index (χ0v) is 10.6. The van der Waals surface area contributed by atoms with Gasteiger partial charge in [-0.15, -0.1) is 0 Å². The second-order valence-corrected chi connectivity index (χ2v) is 4.96. The van der Waals surface area contributed by atoms with Gasteiger partial charge in [-0.3, -0.25) is 4.79 Å². The smallest absolute Gasteiger partial charge is 0.185 e. The van der Waals surface area contributed by atoms with Crippen LogP contribution >= 0.6 is 11.3 Å². The van der Waals surface area contributed by atoms with E-state index in [4.69, 9.17) is 4.74 Å². The summed E-state index contributed by atoms with van der Waals surface area (Å²) in [7, 11) is 0. The maximum absolute atomic E-state index is 12.0. The summed E-state index contributed by atoms with van der Waals surface area (Å²) < 4.78 is 5.42. The summed E-state index contributed by atoms with van der Waals surface area (Å²) in [6.07, 6.45) is 4.37. The predicted molar refractivity (Wildman–Crippen MR) is 73.3 cm³/mol. The van der Waals surface area contributed by atoms with Crippen LogP contribution in [0, 0.1) is 0 Å². The highest BCUT2D eigenvalue weighted by Gasteiger charge is 2.13. The zero-order valence-electron chi connectivity index (χ0n) is 9.76. The van der Waals surface area contributed by atoms with Gasteiger partial charge in [0, 0.05) is 12.0 Å². The van der Waals surface area contributed by atoms with Gasteiger partial charge in [0.25, 0.3) is 0 Å². The summed E-state index contributed by atoms with van der Waals surface area (Å²) >= 11 is 1.62. The van der Waals surface area contributed by atoms with E-state index in [2.05, 4.69) is 0 Å². The van der Waals surface area contributed by atoms with Crippen LogP contribution in [0.25, 0.3) is 6.08 Å². The number of ether oxygens (including phenoxy) is 1. The molecule has 18 heavy (non-hydrogen) atoms. The quantitative estimate of drug-likeness (QED) is 0.620. The molecule has 1 aromatic heterocycles. The van der Waals surface area contributed by atoms with Crippen LogP contribution in [0.4, 0.5) is 0 Å². The number of hydrogen-bond acceptors (Lipinski definition) is 3. The summed E-state index contributed by atoms with van der Waals surface area (Å²) in [6.45, 7) is 0.720. The molecule has 1 aliphatic heterocycles. The van der Waals surface area contributed by atoms with E-state index in [0.29, 0.717) is 0 Å². The van der Waals surface area contributed by atoms with Crippen molar-refractivity contribution in [1.82, 2.24) is 0 Å². The third-order valence-electron chi connectivity index (χ3n) is 2.94. The summed E-state index contributed by atoms with van der Waals surface area (Å²) in [5.41, 5.74) is 2.92. The fraction of sp³-hybridized carbons (Fsp3) is 0.133. The molecule has 3 heteroatoms. The molecule has 2 nitrogen and oxygen atoms in total. The van der Waals surface area contributed by atoms with E-state index in [9.17, 15) is 4.79 Å². The van der Waals surface area contributed by atoms with E-state index in [1.165, 1.54) is 0 Å². The third-order valence-corrected chi connectivity index (χ3v) is 3.65. The van der Waals surface area contributed by atoms with Crippen LogP contribution in [-0.2, 0) is 6.42 Å². The van der Waals surface area contributed by atoms with E-state index in [0.717, 1.165) is 35.5 Å². The highest BCUT2D eigenvalue weighted by Crippen LogP contribution is 2.26. The monoisotopic (exact) mass is 256 g/mol. The SMILES string of the molecule is O=C(C=Cc1ccsc1)c1ccc2c(c1)CCO2. The van der Waals surface area contributed by atoms with Crippen molar-refractivity contribution in [2.24, 2.45) is 0 Å². The predicted octanol–water partition coefficient (Wildman–Crippen LogP) is 3.58. The Labute approximate surface area is 110 Å². The first kappa shape index (κ1) is 11.2. The van der Waals surface area contributed by atoms with E-state index in [1.807, 2.05) is 41.1 Å². The summed E-state index contributed by atoms with van der Waals surface area (Å²) in [4.78, 5) is 12.0. The fourth-order valence-electron chi connectivity index (χ4n) is 1.98. The molecule has 0 unspecified atom stereocenters. The van der Waals surface area contributed by atoms with Crippen molar-refractivity contribution in [2.45, 2.75) is 6.42 Å². The number of fused-ring (bicyclic) bond motifs is 1. The van der Waals surface area contributed by atoms with Crippen LogP contribution in [0.3, 0.4) is 0 Å². The Kier molecular flexibility index (Phi) is 2.99. The van der Waals surface area contributed by atoms with Crippen molar-refractivity contribution in [3.63, 3.8) is 0 Å². The van der Waals surface area contributed by atoms with Crippen molar-refractivity contribution in [1.29, 1.82) is 0 Å². The molecular formula is C15H12O2S. The molecule has 0 atom stereocenters. The minimum Gasteiger partial charge on any atom is -0.493 e. The van der Waals surface area contributed by atoms with Crippen LogP contribution in [-0.4, -0.2) is 12.4 Å². The number of rotatable bonds is 3. The van der Waals surface area contributed by atoms with Crippen molar-refractivity contribution < 1.29 is 9.53 Å². The molecule has 0 saturated carbocycles. The standard InChI is InChI=1S/C15H12O2S/c16-14(3-1-11-6-8-18-10-11)12-2-4-15-13(9-12)5-7-17-15/h1-4,6,8-10H,5,7H2. The van der Waals surface area contributed by atoms with Crippen molar-refractivity contribution in [2.75, 3.05) is 6.61 Å². The molecule has 2 aromatic rings. The Balaban J connectivity index is 1.80. The Hall–Kier alpha value is -1.87. The topological polar surface area (TPSA) is 26.3 Å². The van der Waals surface area contributed by atoms with E-state index in [-0.39, 0.29) is 5.78 Å². The van der Waals surface area contributed by atoms with Crippen molar-refractivity contribution in [3.8, 4) is 5.75 Å². The lowest BCUT2D eigenvalue weighted by atomic mass is 10.0. The maximum atomic E-state index is 12.0. The molecule has 0 aliphatic carbocycles. The van der Waals surface area contributed by atoms with Gasteiger partial charge < -0.3 is 4.74 Å². The van der Waals surface area contributed by atoms with Crippen LogP contribution in [0.2, 0.25) is 0 Å². The van der Waals surface area contributed by atoms with E-state index < -0.39 is 0 Å². The lowest BCUT2D eigenvalue weighted by Crippen LogP contribution is -1.94. The average Bonchev–Trinajstić information content (AvgIpc) is 3.05. The second kappa shape index (κ2) is 4.78. The molecule has 3 rings (SSSR count). The molecule has 1 aliphatic rings. The normalized spacial score (nSPS) is 13.6. The highest BCUT2D eigenvalue weighted by atomic mass is 32.1. The molecule has 0 saturated heterocycles. The summed E-state index contributed by atoms with van der Waals surface area (Å²) in [6, 6.07) is 7.63. The van der Waals surface area contributed by atoms with Gasteiger partial charge in [-0.25, -0.2) is 0 Å². The van der Waals surface area contributed by atoms with E-state index >= 15 is 0 Å². The number of benzene rings is 1. The molecule has 90 valence electrons. The molecule has 0 fully saturated rings. The molecule has 0 bridgehead atoms. The number of carbonyl (C=O) groups is 1. The molecule has 0 radical (unpaired) electrons. The van der Waals surface area contributed by atoms with Crippen LogP contribution in [0.1, 0.15) is 21.5 Å². The second-order valence-electron chi connectivity index (χ2n) is 4.18. The largest absolute Gasteiger partial charge is 0.493 e. The lowest BCUT2D eigenvalue weighted by molar-refractivity contribution is 0.104. The number of hydrogen-bond donors (Lipinski definition) is 0. The average molecular weight is 256 g/mol. The van der Waals surface area contributed by atoms with Gasteiger partial charge in [0.15, 0.2) is 5.78 Å². The first-order valence-corrected chi connectivity index (χ1v) is 6.77. The van der Waals surface area contributed by atoms with Gasteiger partial charge >= 0.3 is 0 Å². The zero-order chi connectivity index (χ0) is 12.4. The molecule has 0 amide bonds. The fourth-order valence-corrected chi connectivity index (χ4v) is 2.61. The molecule has 0 spiro atoms. The Morgan fingerprint density at radius 2 is 2.28 bits per heavy atom.